The molecule has 0 unspecified atom stereocenters. The van der Waals surface area contributed by atoms with Crippen LogP contribution in [0.25, 0.3) is 0 Å². The van der Waals surface area contributed by atoms with Crippen LogP contribution < -0.4 is 10.6 Å². The largest absolute Gasteiger partial charge is 0.355 e. The first-order valence-electron chi connectivity index (χ1n) is 8.52. The molecule has 2 aromatic rings. The number of hydrogen-bond acceptors (Lipinski definition) is 6. The molecule has 9 heteroatoms. The van der Waals surface area contributed by atoms with Crippen molar-refractivity contribution >= 4 is 38.9 Å². The first kappa shape index (κ1) is 13.1. The van der Waals surface area contributed by atoms with E-state index in [4.69, 9.17) is 15.7 Å². The fraction of sp³-hybridized carbons (Fsp3) is 0.267. The standard InChI is InChI=1S/C15H15ClN4O3S/c1-17-15(21)10-8-19-13(16)7-11(10)20-14-12(3-2-6-18-14)24(22,23)9-4-5-9/h2-3,6-9H,4-5H2,1H3,(H,17,21)(H,18,19,20)/i1D3. The Morgan fingerprint density at radius 3 is 2.92 bits per heavy atom. The van der Waals surface area contributed by atoms with Crippen molar-refractivity contribution in [2.24, 2.45) is 0 Å². The lowest BCUT2D eigenvalue weighted by Gasteiger charge is -2.13. The molecule has 3 rings (SSSR count). The molecular weight excluding hydrogens is 352 g/mol. The molecule has 0 spiro atoms. The van der Waals surface area contributed by atoms with E-state index in [9.17, 15) is 13.2 Å². The van der Waals surface area contributed by atoms with Crippen LogP contribution in [0.15, 0.2) is 35.5 Å². The molecule has 2 heterocycles. The highest BCUT2D eigenvalue weighted by atomic mass is 35.5. The monoisotopic (exact) mass is 369 g/mol. The Balaban J connectivity index is 2.00. The molecule has 0 atom stereocenters. The molecule has 7 nitrogen and oxygen atoms in total. The molecule has 2 N–H and O–H groups in total. The maximum absolute atomic E-state index is 12.6. The number of halogens is 1. The highest BCUT2D eigenvalue weighted by Crippen LogP contribution is 2.36. The van der Waals surface area contributed by atoms with E-state index in [0.29, 0.717) is 12.8 Å². The second-order valence-electron chi connectivity index (χ2n) is 5.23. The van der Waals surface area contributed by atoms with Crippen LogP contribution in [0, 0.1) is 0 Å². The molecular formula is C15H15ClN4O3S. The Hall–Kier alpha value is -2.19. The van der Waals surface area contributed by atoms with E-state index in [0.717, 1.165) is 6.20 Å². The van der Waals surface area contributed by atoms with Crippen molar-refractivity contribution in [2.75, 3.05) is 12.3 Å². The summed E-state index contributed by atoms with van der Waals surface area (Å²) >= 11 is 5.88. The van der Waals surface area contributed by atoms with Gasteiger partial charge in [-0.1, -0.05) is 11.6 Å². The Morgan fingerprint density at radius 1 is 1.42 bits per heavy atom. The van der Waals surface area contributed by atoms with Crippen LogP contribution >= 0.6 is 11.6 Å². The van der Waals surface area contributed by atoms with Gasteiger partial charge in [0.15, 0.2) is 9.84 Å². The summed E-state index contributed by atoms with van der Waals surface area (Å²) in [5, 5.41) is 4.22. The normalized spacial score (nSPS) is 16.6. The first-order chi connectivity index (χ1) is 12.6. The molecule has 0 saturated heterocycles. The molecule has 1 amide bonds. The maximum Gasteiger partial charge on any atom is 0.254 e. The number of pyridine rings is 2. The number of rotatable bonds is 5. The van der Waals surface area contributed by atoms with E-state index in [2.05, 4.69) is 15.3 Å². The molecule has 0 bridgehead atoms. The van der Waals surface area contributed by atoms with Gasteiger partial charge in [0, 0.05) is 23.5 Å². The minimum atomic E-state index is -3.55. The Labute approximate surface area is 148 Å². The van der Waals surface area contributed by atoms with E-state index >= 15 is 0 Å². The van der Waals surface area contributed by atoms with Gasteiger partial charge in [0.05, 0.1) is 16.5 Å². The average Bonchev–Trinajstić information content (AvgIpc) is 3.39. The lowest BCUT2D eigenvalue weighted by Crippen LogP contribution is -2.20. The van der Waals surface area contributed by atoms with Crippen LogP contribution in [0.5, 0.6) is 0 Å². The van der Waals surface area contributed by atoms with E-state index in [1.54, 1.807) is 0 Å². The molecule has 2 aromatic heterocycles. The lowest BCUT2D eigenvalue weighted by atomic mass is 10.2. The van der Waals surface area contributed by atoms with Crippen LogP contribution in [0.2, 0.25) is 5.15 Å². The lowest BCUT2D eigenvalue weighted by molar-refractivity contribution is 0.0963. The molecule has 1 saturated carbocycles. The van der Waals surface area contributed by atoms with Crippen molar-refractivity contribution in [3.8, 4) is 0 Å². The number of carbonyl (C=O) groups excluding carboxylic acids is 1. The van der Waals surface area contributed by atoms with Crippen LogP contribution in [0.1, 0.15) is 27.3 Å². The molecule has 126 valence electrons. The molecule has 24 heavy (non-hydrogen) atoms. The quantitative estimate of drug-likeness (QED) is 0.783. The highest BCUT2D eigenvalue weighted by Gasteiger charge is 2.38. The number of amides is 1. The number of carbonyl (C=O) groups is 1. The SMILES string of the molecule is [2H]C([2H])([2H])NC(=O)c1cnc(Cl)cc1Nc1ncccc1S(=O)(=O)C1CC1. The van der Waals surface area contributed by atoms with Gasteiger partial charge in [-0.2, -0.15) is 0 Å². The smallest absolute Gasteiger partial charge is 0.254 e. The van der Waals surface area contributed by atoms with Crippen molar-refractivity contribution < 1.29 is 17.3 Å². The van der Waals surface area contributed by atoms with Crippen molar-refractivity contribution in [3.63, 3.8) is 0 Å². The first-order valence-corrected chi connectivity index (χ1v) is 8.94. The second-order valence-corrected chi connectivity index (χ2v) is 7.81. The van der Waals surface area contributed by atoms with Crippen molar-refractivity contribution in [1.82, 2.24) is 15.3 Å². The second kappa shape index (κ2) is 6.37. The minimum Gasteiger partial charge on any atom is -0.355 e. The highest BCUT2D eigenvalue weighted by molar-refractivity contribution is 7.92. The summed E-state index contributed by atoms with van der Waals surface area (Å²) in [5.74, 6) is -0.890. The van der Waals surface area contributed by atoms with Crippen LogP contribution in [0.3, 0.4) is 0 Å². The number of nitrogens with zero attached hydrogens (tertiary/aromatic N) is 2. The maximum atomic E-state index is 12.6. The molecule has 1 aliphatic carbocycles. The fourth-order valence-electron chi connectivity index (χ4n) is 2.18. The summed E-state index contributed by atoms with van der Waals surface area (Å²) < 4.78 is 46.7. The number of anilines is 2. The summed E-state index contributed by atoms with van der Waals surface area (Å²) in [6.45, 7) is -2.69. The number of aromatic nitrogens is 2. The van der Waals surface area contributed by atoms with E-state index in [1.807, 2.05) is 5.32 Å². The van der Waals surface area contributed by atoms with Crippen molar-refractivity contribution in [3.05, 3.63) is 41.3 Å². The van der Waals surface area contributed by atoms with Gasteiger partial charge in [-0.25, -0.2) is 18.4 Å². The van der Waals surface area contributed by atoms with Gasteiger partial charge in [-0.15, -0.1) is 0 Å². The van der Waals surface area contributed by atoms with Crippen molar-refractivity contribution in [1.29, 1.82) is 0 Å². The van der Waals surface area contributed by atoms with E-state index in [-0.39, 0.29) is 27.1 Å². The summed E-state index contributed by atoms with van der Waals surface area (Å²) in [6, 6.07) is 4.22. The van der Waals surface area contributed by atoms with Gasteiger partial charge in [-0.3, -0.25) is 4.79 Å². The van der Waals surface area contributed by atoms with Gasteiger partial charge in [0.1, 0.15) is 15.9 Å². The third-order valence-corrected chi connectivity index (χ3v) is 6.02. The summed E-state index contributed by atoms with van der Waals surface area (Å²) in [4.78, 5) is 20.1. The summed E-state index contributed by atoms with van der Waals surface area (Å²) in [7, 11) is -3.55. The summed E-state index contributed by atoms with van der Waals surface area (Å²) in [5.41, 5.74) is -0.0290. The number of sulfone groups is 1. The Morgan fingerprint density at radius 2 is 2.21 bits per heavy atom. The van der Waals surface area contributed by atoms with Crippen LogP contribution in [-0.4, -0.2) is 36.5 Å². The third-order valence-electron chi connectivity index (χ3n) is 3.52. The van der Waals surface area contributed by atoms with E-state index < -0.39 is 28.0 Å². The average molecular weight is 370 g/mol. The van der Waals surface area contributed by atoms with Gasteiger partial charge in [0.25, 0.3) is 5.91 Å². The zero-order valence-corrected chi connectivity index (χ0v) is 13.9. The van der Waals surface area contributed by atoms with Gasteiger partial charge >= 0.3 is 0 Å². The summed E-state index contributed by atoms with van der Waals surface area (Å²) in [6.07, 6.45) is 3.68. The predicted octanol–water partition coefficient (Wildman–Crippen LogP) is 2.17. The zero-order valence-electron chi connectivity index (χ0n) is 15.3. The van der Waals surface area contributed by atoms with Gasteiger partial charge in [0.2, 0.25) is 0 Å². The Bertz CT molecular complexity index is 994. The minimum absolute atomic E-state index is 0.00242. The number of hydrogen-bond donors (Lipinski definition) is 2. The van der Waals surface area contributed by atoms with Crippen molar-refractivity contribution in [2.45, 2.75) is 23.0 Å². The molecule has 0 aliphatic heterocycles. The molecule has 1 aliphatic rings. The zero-order chi connectivity index (χ0) is 19.8. The topological polar surface area (TPSA) is 101 Å². The predicted molar refractivity (Wildman–Crippen MR) is 90.4 cm³/mol. The molecule has 0 radical (unpaired) electrons. The van der Waals surface area contributed by atoms with E-state index in [1.165, 1.54) is 24.4 Å². The van der Waals surface area contributed by atoms with Gasteiger partial charge < -0.3 is 10.6 Å². The number of nitrogens with one attached hydrogen (secondary N) is 2. The molecule has 0 aromatic carbocycles. The fourth-order valence-corrected chi connectivity index (χ4v) is 4.10. The van der Waals surface area contributed by atoms with Crippen LogP contribution in [0.4, 0.5) is 11.5 Å². The third kappa shape index (κ3) is 3.20. The van der Waals surface area contributed by atoms with Crippen LogP contribution in [-0.2, 0) is 9.84 Å². The van der Waals surface area contributed by atoms with Gasteiger partial charge in [-0.05, 0) is 31.0 Å². The Kier molecular flexibility index (Phi) is 3.49. The molecule has 1 fully saturated rings.